The molecule has 6 atom stereocenters. The van der Waals surface area contributed by atoms with E-state index in [2.05, 4.69) is 13.8 Å². The number of nitrogen functional groups attached to an aromatic ring is 2. The number of hydrogen-bond acceptors (Lipinski definition) is 3. The Bertz CT molecular complexity index is 843. The third-order valence-electron chi connectivity index (χ3n) is 7.98. The fourth-order valence-corrected chi connectivity index (χ4v) is 6.10. The van der Waals surface area contributed by atoms with E-state index in [1.807, 2.05) is 48.5 Å². The Morgan fingerprint density at radius 3 is 1.42 bits per heavy atom. The van der Waals surface area contributed by atoms with Crippen LogP contribution in [0, 0.1) is 0 Å². The van der Waals surface area contributed by atoms with Crippen molar-refractivity contribution in [1.82, 2.24) is 0 Å². The second-order valence-electron chi connectivity index (χ2n) is 10.5. The van der Waals surface area contributed by atoms with E-state index in [0.29, 0.717) is 49.9 Å². The van der Waals surface area contributed by atoms with Crippen molar-refractivity contribution in [2.24, 2.45) is 0 Å². The zero-order valence-electron chi connectivity index (χ0n) is 19.9. The summed E-state index contributed by atoms with van der Waals surface area (Å²) in [6.07, 6.45) is 2.72. The minimum absolute atomic E-state index is 0.0907. The van der Waals surface area contributed by atoms with E-state index in [1.54, 1.807) is 0 Å². The standard InChI is InChI=1S/C28H38F2N2O/c1-19(21-7-11-23(31)12-8-21)17-27(15-3-5-25(27)29)33-28(16-4-6-26(28)30)18-20(2)22-9-13-24(32)14-10-22/h7-14,19-20,25-26H,3-6,15-18,31-32H2,1-2H3. The molecule has 0 aromatic heterocycles. The van der Waals surface area contributed by atoms with E-state index in [9.17, 15) is 0 Å². The Hall–Kier alpha value is -2.14. The molecule has 0 spiro atoms. The Labute approximate surface area is 196 Å². The summed E-state index contributed by atoms with van der Waals surface area (Å²) < 4.78 is 37.9. The lowest BCUT2D eigenvalue weighted by molar-refractivity contribution is -0.203. The van der Waals surface area contributed by atoms with E-state index in [4.69, 9.17) is 16.2 Å². The van der Waals surface area contributed by atoms with Crippen molar-refractivity contribution in [2.45, 2.75) is 101 Å². The Morgan fingerprint density at radius 1 is 0.758 bits per heavy atom. The number of alkyl halides is 2. The molecular formula is C28H38F2N2O. The molecule has 0 heterocycles. The van der Waals surface area contributed by atoms with Crippen molar-refractivity contribution in [3.05, 3.63) is 59.7 Å². The van der Waals surface area contributed by atoms with Gasteiger partial charge in [0.2, 0.25) is 0 Å². The normalized spacial score (nSPS) is 31.5. The van der Waals surface area contributed by atoms with E-state index in [1.165, 1.54) is 0 Å². The molecule has 0 saturated heterocycles. The van der Waals surface area contributed by atoms with Crippen molar-refractivity contribution in [3.8, 4) is 0 Å². The summed E-state index contributed by atoms with van der Waals surface area (Å²) in [4.78, 5) is 0. The predicted molar refractivity (Wildman–Crippen MR) is 132 cm³/mol. The first-order valence-corrected chi connectivity index (χ1v) is 12.4. The van der Waals surface area contributed by atoms with Gasteiger partial charge in [0, 0.05) is 11.4 Å². The lowest BCUT2D eigenvalue weighted by atomic mass is 9.81. The number of anilines is 2. The molecule has 180 valence electrons. The largest absolute Gasteiger partial charge is 0.399 e. The summed E-state index contributed by atoms with van der Waals surface area (Å²) in [7, 11) is 0. The molecule has 2 saturated carbocycles. The summed E-state index contributed by atoms with van der Waals surface area (Å²) in [5.74, 6) is 0.181. The molecule has 3 nitrogen and oxygen atoms in total. The van der Waals surface area contributed by atoms with Crippen LogP contribution in [0.5, 0.6) is 0 Å². The van der Waals surface area contributed by atoms with Gasteiger partial charge in [0.05, 0.1) is 0 Å². The van der Waals surface area contributed by atoms with Crippen LogP contribution < -0.4 is 11.5 Å². The highest BCUT2D eigenvalue weighted by atomic mass is 19.1. The fourth-order valence-electron chi connectivity index (χ4n) is 6.10. The molecule has 2 fully saturated rings. The first-order valence-electron chi connectivity index (χ1n) is 12.4. The van der Waals surface area contributed by atoms with Crippen LogP contribution in [0.3, 0.4) is 0 Å². The van der Waals surface area contributed by atoms with Crippen LogP contribution in [0.2, 0.25) is 0 Å². The van der Waals surface area contributed by atoms with Gasteiger partial charge >= 0.3 is 0 Å². The van der Waals surface area contributed by atoms with Crippen LogP contribution in [-0.2, 0) is 4.74 Å². The number of benzene rings is 2. The highest BCUT2D eigenvalue weighted by Crippen LogP contribution is 2.51. The van der Waals surface area contributed by atoms with Crippen molar-refractivity contribution >= 4 is 11.4 Å². The van der Waals surface area contributed by atoms with Gasteiger partial charge in [-0.25, -0.2) is 8.78 Å². The summed E-state index contributed by atoms with van der Waals surface area (Å²) in [5, 5.41) is 0. The van der Waals surface area contributed by atoms with Gasteiger partial charge in [-0.2, -0.15) is 0 Å². The van der Waals surface area contributed by atoms with Gasteiger partial charge in [-0.1, -0.05) is 38.1 Å². The monoisotopic (exact) mass is 456 g/mol. The number of hydrogen-bond donors (Lipinski definition) is 2. The van der Waals surface area contributed by atoms with Crippen LogP contribution in [0.15, 0.2) is 48.5 Å². The summed E-state index contributed by atoms with van der Waals surface area (Å²) in [6, 6.07) is 15.5. The van der Waals surface area contributed by atoms with Gasteiger partial charge < -0.3 is 16.2 Å². The number of nitrogens with two attached hydrogens (primary N) is 2. The average molecular weight is 457 g/mol. The number of halogens is 2. The Balaban J connectivity index is 1.59. The maximum Gasteiger partial charge on any atom is 0.129 e. The van der Waals surface area contributed by atoms with Gasteiger partial charge in [0.1, 0.15) is 23.5 Å². The number of ether oxygens (including phenoxy) is 1. The lowest BCUT2D eigenvalue weighted by Gasteiger charge is -2.45. The van der Waals surface area contributed by atoms with E-state index in [0.717, 1.165) is 24.0 Å². The second kappa shape index (κ2) is 9.61. The highest BCUT2D eigenvalue weighted by Gasteiger charge is 2.55. The third-order valence-corrected chi connectivity index (χ3v) is 7.98. The second-order valence-corrected chi connectivity index (χ2v) is 10.5. The molecule has 4 N–H and O–H groups in total. The Kier molecular flexibility index (Phi) is 6.99. The zero-order chi connectivity index (χ0) is 23.6. The highest BCUT2D eigenvalue weighted by molar-refractivity contribution is 5.41. The molecule has 0 radical (unpaired) electrons. The maximum absolute atomic E-state index is 15.6. The molecule has 0 bridgehead atoms. The molecule has 2 aliphatic rings. The zero-order valence-corrected chi connectivity index (χ0v) is 19.9. The topological polar surface area (TPSA) is 61.3 Å². The van der Waals surface area contributed by atoms with Crippen molar-refractivity contribution in [1.29, 1.82) is 0 Å². The van der Waals surface area contributed by atoms with Gasteiger partial charge in [-0.05, 0) is 98.6 Å². The van der Waals surface area contributed by atoms with Crippen molar-refractivity contribution in [3.63, 3.8) is 0 Å². The molecule has 5 heteroatoms. The summed E-state index contributed by atoms with van der Waals surface area (Å²) in [5.41, 5.74) is 13.4. The first-order chi connectivity index (χ1) is 15.7. The molecule has 33 heavy (non-hydrogen) atoms. The van der Waals surface area contributed by atoms with Gasteiger partial charge in [-0.3, -0.25) is 0 Å². The van der Waals surface area contributed by atoms with Gasteiger partial charge in [-0.15, -0.1) is 0 Å². The quantitative estimate of drug-likeness (QED) is 0.417. The summed E-state index contributed by atoms with van der Waals surface area (Å²) >= 11 is 0. The van der Waals surface area contributed by atoms with Crippen LogP contribution in [0.4, 0.5) is 20.2 Å². The molecule has 2 aromatic carbocycles. The molecule has 0 aliphatic heterocycles. The summed E-state index contributed by atoms with van der Waals surface area (Å²) in [6.45, 7) is 4.21. The molecule has 4 rings (SSSR count). The van der Waals surface area contributed by atoms with Gasteiger partial charge in [0.25, 0.3) is 0 Å². The van der Waals surface area contributed by atoms with E-state index >= 15 is 8.78 Å². The minimum atomic E-state index is -1.08. The molecular weight excluding hydrogens is 418 g/mol. The maximum atomic E-state index is 15.6. The van der Waals surface area contributed by atoms with Crippen LogP contribution in [0.25, 0.3) is 0 Å². The first kappa shape index (κ1) is 24.0. The third kappa shape index (κ3) is 5.03. The molecule has 2 aliphatic carbocycles. The predicted octanol–water partition coefficient (Wildman–Crippen LogP) is 7.08. The Morgan fingerprint density at radius 2 is 1.12 bits per heavy atom. The van der Waals surface area contributed by atoms with Crippen LogP contribution >= 0.6 is 0 Å². The van der Waals surface area contributed by atoms with Crippen molar-refractivity contribution < 1.29 is 13.5 Å². The smallest absolute Gasteiger partial charge is 0.129 e. The minimum Gasteiger partial charge on any atom is -0.399 e. The van der Waals surface area contributed by atoms with Crippen LogP contribution in [0.1, 0.15) is 88.2 Å². The number of rotatable bonds is 8. The molecule has 2 aromatic rings. The van der Waals surface area contributed by atoms with Gasteiger partial charge in [0.15, 0.2) is 0 Å². The lowest BCUT2D eigenvalue weighted by Crippen LogP contribution is -2.51. The van der Waals surface area contributed by atoms with E-state index in [-0.39, 0.29) is 11.8 Å². The van der Waals surface area contributed by atoms with E-state index < -0.39 is 23.5 Å². The van der Waals surface area contributed by atoms with Crippen LogP contribution in [-0.4, -0.2) is 23.5 Å². The molecule has 0 amide bonds. The van der Waals surface area contributed by atoms with Crippen molar-refractivity contribution in [2.75, 3.05) is 11.5 Å². The molecule has 6 unspecified atom stereocenters. The fraction of sp³-hybridized carbons (Fsp3) is 0.571. The average Bonchev–Trinajstić information content (AvgIpc) is 3.31. The SMILES string of the molecule is CC(CC1(OC2(CC(C)c3ccc(N)cc3)CCCC2F)CCCC1F)c1ccc(N)cc1.